The molecule has 0 saturated carbocycles. The van der Waals surface area contributed by atoms with Crippen LogP contribution in [0.5, 0.6) is 0 Å². The minimum absolute atomic E-state index is 0.389. The molecule has 1 unspecified atom stereocenters. The van der Waals surface area contributed by atoms with Crippen LogP contribution in [-0.4, -0.2) is 30.8 Å². The fraction of sp³-hybridized carbons (Fsp3) is 0.600. The van der Waals surface area contributed by atoms with Crippen molar-refractivity contribution in [3.05, 3.63) is 29.8 Å². The molecule has 0 spiro atoms. The lowest BCUT2D eigenvalue weighted by Gasteiger charge is -2.28. The van der Waals surface area contributed by atoms with E-state index in [0.29, 0.717) is 11.3 Å². The molecule has 0 radical (unpaired) electrons. The SMILES string of the molecule is CN(CC1CSc2ccccc21)CC(C)(C)C. The Hall–Kier alpha value is -0.470. The molecule has 1 aliphatic heterocycles. The third-order valence-electron chi connectivity index (χ3n) is 3.08. The van der Waals surface area contributed by atoms with Crippen LogP contribution in [0.25, 0.3) is 0 Å². The third kappa shape index (κ3) is 3.49. The zero-order valence-electron chi connectivity index (χ0n) is 11.4. The van der Waals surface area contributed by atoms with Crippen molar-refractivity contribution in [3.63, 3.8) is 0 Å². The largest absolute Gasteiger partial charge is 0.305 e. The molecule has 1 aromatic rings. The first kappa shape index (κ1) is 13.0. The smallest absolute Gasteiger partial charge is 0.0108 e. The van der Waals surface area contributed by atoms with Gasteiger partial charge in [0, 0.05) is 29.7 Å². The normalized spacial score (nSPS) is 19.7. The first-order chi connectivity index (χ1) is 7.96. The highest BCUT2D eigenvalue weighted by Gasteiger charge is 2.24. The van der Waals surface area contributed by atoms with Gasteiger partial charge in [0.15, 0.2) is 0 Å². The van der Waals surface area contributed by atoms with Crippen molar-refractivity contribution in [1.29, 1.82) is 0 Å². The molecule has 0 bridgehead atoms. The second kappa shape index (κ2) is 5.03. The van der Waals surface area contributed by atoms with E-state index in [0.717, 1.165) is 6.54 Å². The fourth-order valence-corrected chi connectivity index (χ4v) is 3.87. The highest BCUT2D eigenvalue weighted by molar-refractivity contribution is 7.99. The van der Waals surface area contributed by atoms with Gasteiger partial charge in [-0.05, 0) is 24.1 Å². The monoisotopic (exact) mass is 249 g/mol. The van der Waals surface area contributed by atoms with E-state index in [4.69, 9.17) is 0 Å². The molecular weight excluding hydrogens is 226 g/mol. The third-order valence-corrected chi connectivity index (χ3v) is 4.33. The van der Waals surface area contributed by atoms with Crippen molar-refractivity contribution in [3.8, 4) is 0 Å². The second-order valence-electron chi connectivity index (χ2n) is 6.30. The van der Waals surface area contributed by atoms with Crippen molar-refractivity contribution in [2.75, 3.05) is 25.9 Å². The standard InChI is InChI=1S/C15H23NS/c1-15(2,3)11-16(4)9-12-10-17-14-8-6-5-7-13(12)14/h5-8,12H,9-11H2,1-4H3. The van der Waals surface area contributed by atoms with E-state index < -0.39 is 0 Å². The second-order valence-corrected chi connectivity index (χ2v) is 7.36. The highest BCUT2D eigenvalue weighted by atomic mass is 32.2. The Morgan fingerprint density at radius 3 is 2.71 bits per heavy atom. The van der Waals surface area contributed by atoms with E-state index in [-0.39, 0.29) is 0 Å². The first-order valence-electron chi connectivity index (χ1n) is 6.36. The highest BCUT2D eigenvalue weighted by Crippen LogP contribution is 2.39. The zero-order chi connectivity index (χ0) is 12.5. The summed E-state index contributed by atoms with van der Waals surface area (Å²) in [7, 11) is 2.25. The van der Waals surface area contributed by atoms with Gasteiger partial charge in [-0.25, -0.2) is 0 Å². The molecule has 1 aliphatic rings. The van der Waals surface area contributed by atoms with Gasteiger partial charge in [-0.2, -0.15) is 0 Å². The van der Waals surface area contributed by atoms with E-state index in [1.165, 1.54) is 17.2 Å². The predicted octanol–water partition coefficient (Wildman–Crippen LogP) is 3.85. The summed E-state index contributed by atoms with van der Waals surface area (Å²) in [5, 5.41) is 0. The quantitative estimate of drug-likeness (QED) is 0.800. The van der Waals surface area contributed by atoms with Crippen LogP contribution < -0.4 is 0 Å². The number of hydrogen-bond acceptors (Lipinski definition) is 2. The van der Waals surface area contributed by atoms with Crippen molar-refractivity contribution in [2.24, 2.45) is 5.41 Å². The van der Waals surface area contributed by atoms with Crippen LogP contribution in [0.1, 0.15) is 32.3 Å². The number of thioether (sulfide) groups is 1. The number of benzene rings is 1. The fourth-order valence-electron chi connectivity index (χ4n) is 2.63. The predicted molar refractivity (Wildman–Crippen MR) is 76.9 cm³/mol. The van der Waals surface area contributed by atoms with Crippen molar-refractivity contribution in [2.45, 2.75) is 31.6 Å². The number of likely N-dealkylation sites (N-methyl/N-ethyl adjacent to an activating group) is 1. The summed E-state index contributed by atoms with van der Waals surface area (Å²) in [5.74, 6) is 1.96. The van der Waals surface area contributed by atoms with E-state index in [2.05, 4.69) is 57.0 Å². The van der Waals surface area contributed by atoms with Gasteiger partial charge in [0.25, 0.3) is 0 Å². The molecule has 0 fully saturated rings. The minimum atomic E-state index is 0.389. The molecule has 0 N–H and O–H groups in total. The molecule has 1 aromatic carbocycles. The van der Waals surface area contributed by atoms with Gasteiger partial charge in [0.2, 0.25) is 0 Å². The van der Waals surface area contributed by atoms with Crippen LogP contribution in [-0.2, 0) is 0 Å². The van der Waals surface area contributed by atoms with Gasteiger partial charge in [0.05, 0.1) is 0 Å². The van der Waals surface area contributed by atoms with Crippen LogP contribution in [0.4, 0.5) is 0 Å². The van der Waals surface area contributed by atoms with Gasteiger partial charge in [-0.1, -0.05) is 39.0 Å². The Kier molecular flexibility index (Phi) is 3.84. The maximum atomic E-state index is 2.48. The Labute approximate surface area is 110 Å². The Morgan fingerprint density at radius 1 is 1.29 bits per heavy atom. The van der Waals surface area contributed by atoms with Crippen LogP contribution in [0, 0.1) is 5.41 Å². The summed E-state index contributed by atoms with van der Waals surface area (Å²) in [6.45, 7) is 9.26. The molecular formula is C15H23NS. The molecule has 0 amide bonds. The molecule has 1 atom stereocenters. The Morgan fingerprint density at radius 2 is 2.00 bits per heavy atom. The zero-order valence-corrected chi connectivity index (χ0v) is 12.2. The summed E-state index contributed by atoms with van der Waals surface area (Å²) in [4.78, 5) is 3.97. The summed E-state index contributed by atoms with van der Waals surface area (Å²) < 4.78 is 0. The lowest BCUT2D eigenvalue weighted by molar-refractivity contribution is 0.220. The maximum Gasteiger partial charge on any atom is 0.0108 e. The van der Waals surface area contributed by atoms with Gasteiger partial charge < -0.3 is 4.90 Å². The minimum Gasteiger partial charge on any atom is -0.305 e. The van der Waals surface area contributed by atoms with Crippen LogP contribution >= 0.6 is 11.8 Å². The van der Waals surface area contributed by atoms with Gasteiger partial charge in [0.1, 0.15) is 0 Å². The molecule has 0 saturated heterocycles. The van der Waals surface area contributed by atoms with Gasteiger partial charge in [-0.3, -0.25) is 0 Å². The molecule has 0 aromatic heterocycles. The number of rotatable bonds is 3. The molecule has 94 valence electrons. The lowest BCUT2D eigenvalue weighted by Crippen LogP contribution is -2.32. The van der Waals surface area contributed by atoms with E-state index in [1.54, 1.807) is 5.56 Å². The van der Waals surface area contributed by atoms with Crippen molar-refractivity contribution >= 4 is 11.8 Å². The Balaban J connectivity index is 1.98. The lowest BCUT2D eigenvalue weighted by atomic mass is 9.95. The molecule has 1 heterocycles. The van der Waals surface area contributed by atoms with E-state index in [9.17, 15) is 0 Å². The molecule has 17 heavy (non-hydrogen) atoms. The number of hydrogen-bond donors (Lipinski definition) is 0. The van der Waals surface area contributed by atoms with Crippen molar-refractivity contribution in [1.82, 2.24) is 4.90 Å². The van der Waals surface area contributed by atoms with Gasteiger partial charge in [-0.15, -0.1) is 11.8 Å². The van der Waals surface area contributed by atoms with Crippen LogP contribution in [0.3, 0.4) is 0 Å². The van der Waals surface area contributed by atoms with Gasteiger partial charge >= 0.3 is 0 Å². The summed E-state index contributed by atoms with van der Waals surface area (Å²) >= 11 is 2.01. The molecule has 2 rings (SSSR count). The van der Waals surface area contributed by atoms with E-state index in [1.807, 2.05) is 11.8 Å². The maximum absolute atomic E-state index is 2.48. The van der Waals surface area contributed by atoms with Crippen LogP contribution in [0.2, 0.25) is 0 Å². The van der Waals surface area contributed by atoms with Crippen molar-refractivity contribution < 1.29 is 0 Å². The molecule has 2 heteroatoms. The first-order valence-corrected chi connectivity index (χ1v) is 7.34. The summed E-state index contributed by atoms with van der Waals surface area (Å²) in [6.07, 6.45) is 0. The molecule has 0 aliphatic carbocycles. The summed E-state index contributed by atoms with van der Waals surface area (Å²) in [6, 6.07) is 8.86. The average Bonchev–Trinajstić information content (AvgIpc) is 2.59. The Bertz CT molecular complexity index is 381. The molecule has 1 nitrogen and oxygen atoms in total. The average molecular weight is 249 g/mol. The van der Waals surface area contributed by atoms with Crippen LogP contribution in [0.15, 0.2) is 29.2 Å². The topological polar surface area (TPSA) is 3.24 Å². The number of nitrogens with zero attached hydrogens (tertiary/aromatic N) is 1. The number of fused-ring (bicyclic) bond motifs is 1. The summed E-state index contributed by atoms with van der Waals surface area (Å²) in [5.41, 5.74) is 1.94. The van der Waals surface area contributed by atoms with E-state index >= 15 is 0 Å².